The number of unbranched alkanes of at least 4 members (excludes halogenated alkanes) is 2. The second kappa shape index (κ2) is 12.2. The zero-order valence-electron chi connectivity index (χ0n) is 18.9. The third-order valence-corrected chi connectivity index (χ3v) is 5.19. The lowest BCUT2D eigenvalue weighted by Crippen LogP contribution is -2.70. The third-order valence-electron chi connectivity index (χ3n) is 5.19. The number of aliphatic hydroxyl groups excluding tert-OH is 2. The van der Waals surface area contributed by atoms with Crippen molar-refractivity contribution in [1.82, 2.24) is 0 Å². The molecule has 0 saturated carbocycles. The van der Waals surface area contributed by atoms with Crippen LogP contribution < -0.4 is 0 Å². The van der Waals surface area contributed by atoms with Gasteiger partial charge in [0.15, 0.2) is 0 Å². The molecule has 0 radical (unpaired) electrons. The lowest BCUT2D eigenvalue weighted by molar-refractivity contribution is -0.426. The van der Waals surface area contributed by atoms with E-state index >= 15 is 0 Å². The number of ether oxygens (including phenoxy) is 1. The summed E-state index contributed by atoms with van der Waals surface area (Å²) in [5, 5.41) is 17.7. The van der Waals surface area contributed by atoms with Gasteiger partial charge in [-0.15, -0.1) is 0 Å². The number of esters is 1. The molecule has 0 aliphatic heterocycles. The molecule has 0 aromatic heterocycles. The maximum absolute atomic E-state index is 13.9. The second-order valence-electron chi connectivity index (χ2n) is 8.09. The molecule has 0 aromatic carbocycles. The van der Waals surface area contributed by atoms with Crippen LogP contribution in [0.2, 0.25) is 0 Å². The summed E-state index contributed by atoms with van der Waals surface area (Å²) in [5.41, 5.74) is -0.583. The van der Waals surface area contributed by atoms with Gasteiger partial charge in [0.25, 0.3) is 0 Å². The zero-order chi connectivity index (χ0) is 28.8. The van der Waals surface area contributed by atoms with Crippen LogP contribution in [0.25, 0.3) is 0 Å². The van der Waals surface area contributed by atoms with Crippen molar-refractivity contribution in [2.75, 3.05) is 19.8 Å². The molecule has 16 heteroatoms. The second-order valence-corrected chi connectivity index (χ2v) is 8.09. The van der Waals surface area contributed by atoms with E-state index in [1.807, 2.05) is 0 Å². The minimum absolute atomic E-state index is 0.111. The van der Waals surface area contributed by atoms with Crippen molar-refractivity contribution in [1.29, 1.82) is 0 Å². The Labute approximate surface area is 198 Å². The highest BCUT2D eigenvalue weighted by atomic mass is 19.4. The van der Waals surface area contributed by atoms with Gasteiger partial charge in [-0.1, -0.05) is 26.3 Å². The molecule has 2 N–H and O–H groups in total. The predicted molar refractivity (Wildman–Crippen MR) is 101 cm³/mol. The number of rotatable bonds is 17. The van der Waals surface area contributed by atoms with Gasteiger partial charge >= 0.3 is 41.5 Å². The minimum Gasteiger partial charge on any atom is -0.462 e. The van der Waals surface area contributed by atoms with E-state index in [1.54, 1.807) is 0 Å². The predicted octanol–water partition coefficient (Wildman–Crippen LogP) is 5.86. The van der Waals surface area contributed by atoms with E-state index in [-0.39, 0.29) is 12.8 Å². The lowest BCUT2D eigenvalue weighted by atomic mass is 9.89. The van der Waals surface area contributed by atoms with Crippen LogP contribution in [-0.4, -0.2) is 71.5 Å². The Morgan fingerprint density at radius 3 is 1.56 bits per heavy atom. The number of hydrogen-bond donors (Lipinski definition) is 2. The van der Waals surface area contributed by atoms with Crippen LogP contribution in [0, 0.1) is 5.92 Å². The molecular weight excluding hydrogens is 532 g/mol. The number of hydrogen-bond acceptors (Lipinski definition) is 4. The van der Waals surface area contributed by atoms with Gasteiger partial charge in [-0.25, -0.2) is 4.79 Å². The van der Waals surface area contributed by atoms with Crippen LogP contribution in [0.4, 0.5) is 52.7 Å². The number of carbonyl (C=O) groups excluding carboxylic acids is 1. The molecule has 0 aliphatic carbocycles. The monoisotopic (exact) mass is 558 g/mol. The number of carbonyl (C=O) groups is 1. The fourth-order valence-electron chi connectivity index (χ4n) is 2.76. The van der Waals surface area contributed by atoms with Crippen LogP contribution in [0.1, 0.15) is 45.4 Å². The fourth-order valence-corrected chi connectivity index (χ4v) is 2.76. The summed E-state index contributed by atoms with van der Waals surface area (Å²) in [6.45, 7) is 1.32. The molecule has 0 bridgehead atoms. The molecule has 0 amide bonds. The van der Waals surface area contributed by atoms with Crippen molar-refractivity contribution >= 4 is 5.97 Å². The first-order chi connectivity index (χ1) is 16.1. The van der Waals surface area contributed by atoms with E-state index in [9.17, 15) is 57.5 Å². The molecule has 0 atom stereocenters. The number of aliphatic hydroxyl groups is 2. The normalized spacial score (nSPS) is 14.3. The molecule has 214 valence electrons. The molecule has 0 saturated heterocycles. The molecule has 36 heavy (non-hydrogen) atoms. The van der Waals surface area contributed by atoms with E-state index in [2.05, 4.69) is 11.3 Å². The maximum Gasteiger partial charge on any atom is 0.384 e. The number of alkyl halides is 12. The molecule has 0 rings (SSSR count). The highest BCUT2D eigenvalue weighted by Gasteiger charge is 2.89. The molecule has 0 fully saturated rings. The Hall–Kier alpha value is -1.71. The molecule has 0 unspecified atom stereocenters. The first-order valence-electron chi connectivity index (χ1n) is 10.4. The van der Waals surface area contributed by atoms with E-state index in [4.69, 9.17) is 10.2 Å². The summed E-state index contributed by atoms with van der Waals surface area (Å²) in [6.07, 6.45) is -6.15. The van der Waals surface area contributed by atoms with Gasteiger partial charge in [0.2, 0.25) is 0 Å². The SMILES string of the molecule is C=C(CC(CO)CO)C(=O)OCCC(F)(F)C(F)(F)C(F)(F)C(F)(F)C(F)(F)C(F)(F)CCCCC. The standard InChI is InChI=1S/C20H26F12O4/c1-3-4-5-6-15(21,22)17(25,26)19(29,30)20(31,32)18(27,28)16(23,24)7-8-36-14(35)12(2)9-13(10-33)11-34/h13,33-34H,2-11H2,1H3. The van der Waals surface area contributed by atoms with Gasteiger partial charge in [0, 0.05) is 31.1 Å². The summed E-state index contributed by atoms with van der Waals surface area (Å²) in [4.78, 5) is 11.6. The largest absolute Gasteiger partial charge is 0.462 e. The first kappa shape index (κ1) is 34.3. The van der Waals surface area contributed by atoms with E-state index in [0.29, 0.717) is 0 Å². The maximum atomic E-state index is 13.9. The Morgan fingerprint density at radius 1 is 0.750 bits per heavy atom. The van der Waals surface area contributed by atoms with Gasteiger partial charge in [0.1, 0.15) is 0 Å². The number of halogens is 12. The molecule has 0 heterocycles. The third kappa shape index (κ3) is 6.78. The summed E-state index contributed by atoms with van der Waals surface area (Å²) in [6, 6.07) is 0. The van der Waals surface area contributed by atoms with Gasteiger partial charge in [-0.2, -0.15) is 52.7 Å². The summed E-state index contributed by atoms with van der Waals surface area (Å²) >= 11 is 0. The molecular formula is C20H26F12O4. The Kier molecular flexibility index (Phi) is 11.6. The van der Waals surface area contributed by atoms with Crippen molar-refractivity contribution in [3.05, 3.63) is 12.2 Å². The Balaban J connectivity index is 5.67. The van der Waals surface area contributed by atoms with Gasteiger partial charge in [0.05, 0.1) is 13.0 Å². The topological polar surface area (TPSA) is 66.8 Å². The summed E-state index contributed by atoms with van der Waals surface area (Å²) in [5.74, 6) is -44.5. The zero-order valence-corrected chi connectivity index (χ0v) is 18.9. The fraction of sp³-hybridized carbons (Fsp3) is 0.850. The molecule has 0 spiro atoms. The lowest BCUT2D eigenvalue weighted by Gasteiger charge is -2.41. The average Bonchev–Trinajstić information content (AvgIpc) is 2.76. The van der Waals surface area contributed by atoms with Gasteiger partial charge < -0.3 is 14.9 Å². The first-order valence-corrected chi connectivity index (χ1v) is 10.4. The van der Waals surface area contributed by atoms with E-state index in [1.165, 1.54) is 6.92 Å². The van der Waals surface area contributed by atoms with Crippen molar-refractivity contribution in [3.8, 4) is 0 Å². The van der Waals surface area contributed by atoms with E-state index < -0.39 is 98.5 Å². The van der Waals surface area contributed by atoms with Crippen LogP contribution in [-0.2, 0) is 9.53 Å². The smallest absolute Gasteiger partial charge is 0.384 e. The Morgan fingerprint density at radius 2 is 1.17 bits per heavy atom. The van der Waals surface area contributed by atoms with Crippen molar-refractivity contribution < 1.29 is 72.4 Å². The highest BCUT2D eigenvalue weighted by Crippen LogP contribution is 2.61. The summed E-state index contributed by atoms with van der Waals surface area (Å²) in [7, 11) is 0. The quantitative estimate of drug-likeness (QED) is 0.102. The molecule has 0 aliphatic rings. The van der Waals surface area contributed by atoms with Crippen LogP contribution >= 0.6 is 0 Å². The van der Waals surface area contributed by atoms with Crippen molar-refractivity contribution in [2.24, 2.45) is 5.92 Å². The van der Waals surface area contributed by atoms with Crippen molar-refractivity contribution in [2.45, 2.75) is 81.0 Å². The van der Waals surface area contributed by atoms with Gasteiger partial charge in [-0.3, -0.25) is 0 Å². The molecule has 0 aromatic rings. The van der Waals surface area contributed by atoms with E-state index in [0.717, 1.165) is 0 Å². The van der Waals surface area contributed by atoms with Crippen LogP contribution in [0.15, 0.2) is 12.2 Å². The Bertz CT molecular complexity index is 736. The minimum atomic E-state index is -7.68. The van der Waals surface area contributed by atoms with Gasteiger partial charge in [-0.05, 0) is 12.8 Å². The highest BCUT2D eigenvalue weighted by molar-refractivity contribution is 5.87. The average molecular weight is 558 g/mol. The molecule has 4 nitrogen and oxygen atoms in total. The van der Waals surface area contributed by atoms with Crippen molar-refractivity contribution in [3.63, 3.8) is 0 Å². The van der Waals surface area contributed by atoms with Crippen LogP contribution in [0.5, 0.6) is 0 Å². The summed E-state index contributed by atoms with van der Waals surface area (Å²) < 4.78 is 170. The van der Waals surface area contributed by atoms with Crippen LogP contribution in [0.3, 0.4) is 0 Å².